The molecule has 1 aromatic carbocycles. The molecule has 1 aromatic rings. The van der Waals surface area contributed by atoms with Gasteiger partial charge in [0.1, 0.15) is 11.6 Å². The molecule has 5 heteroatoms. The molecule has 1 rings (SSSR count). The average molecular weight is 243 g/mol. The lowest BCUT2D eigenvalue weighted by molar-refractivity contribution is -0.141. The highest BCUT2D eigenvalue weighted by Crippen LogP contribution is 2.27. The highest BCUT2D eigenvalue weighted by molar-refractivity contribution is 5.70. The van der Waals surface area contributed by atoms with Crippen molar-refractivity contribution in [3.05, 3.63) is 35.4 Å². The molecule has 0 saturated heterocycles. The number of hydrogen-bond donors (Lipinski definition) is 2. The molecule has 0 heterocycles. The van der Waals surface area contributed by atoms with E-state index in [1.165, 1.54) is 6.07 Å². The fourth-order valence-corrected chi connectivity index (χ4v) is 1.82. The smallest absolute Gasteiger partial charge is 0.307 e. The van der Waals surface area contributed by atoms with Crippen molar-refractivity contribution < 1.29 is 18.7 Å². The Labute approximate surface area is 98.2 Å². The van der Waals surface area contributed by atoms with Gasteiger partial charge in [0.15, 0.2) is 0 Å². The number of benzene rings is 1. The zero-order chi connectivity index (χ0) is 13.0. The maximum Gasteiger partial charge on any atom is 0.307 e. The van der Waals surface area contributed by atoms with E-state index < -0.39 is 29.4 Å². The number of aliphatic carboxylic acids is 1. The van der Waals surface area contributed by atoms with Crippen LogP contribution in [0.1, 0.15) is 24.8 Å². The summed E-state index contributed by atoms with van der Waals surface area (Å²) in [5, 5.41) is 8.84. The quantitative estimate of drug-likeness (QED) is 0.832. The van der Waals surface area contributed by atoms with Gasteiger partial charge >= 0.3 is 5.97 Å². The van der Waals surface area contributed by atoms with Crippen molar-refractivity contribution in [3.8, 4) is 0 Å². The fraction of sp³-hybridized carbons (Fsp3) is 0.417. The van der Waals surface area contributed by atoms with E-state index in [1.54, 1.807) is 6.92 Å². The van der Waals surface area contributed by atoms with Gasteiger partial charge < -0.3 is 10.8 Å². The summed E-state index contributed by atoms with van der Waals surface area (Å²) in [6.45, 7) is 1.54. The largest absolute Gasteiger partial charge is 0.481 e. The van der Waals surface area contributed by atoms with Crippen LogP contribution in [0.4, 0.5) is 8.78 Å². The predicted molar refractivity (Wildman–Crippen MR) is 59.6 cm³/mol. The first-order chi connectivity index (χ1) is 7.97. The number of carboxylic acid groups (broad SMARTS) is 1. The summed E-state index contributed by atoms with van der Waals surface area (Å²) in [5.74, 6) is -3.67. The van der Waals surface area contributed by atoms with Crippen molar-refractivity contribution in [1.82, 2.24) is 0 Å². The topological polar surface area (TPSA) is 63.3 Å². The first kappa shape index (κ1) is 13.6. The van der Waals surface area contributed by atoms with Gasteiger partial charge in [0, 0.05) is 12.1 Å². The summed E-state index contributed by atoms with van der Waals surface area (Å²) < 4.78 is 26.9. The van der Waals surface area contributed by atoms with E-state index >= 15 is 0 Å². The third-order valence-corrected chi connectivity index (χ3v) is 2.76. The molecule has 2 unspecified atom stereocenters. The molecule has 0 aliphatic rings. The molecule has 0 radical (unpaired) electrons. The first-order valence-corrected chi connectivity index (χ1v) is 5.34. The lowest BCUT2D eigenvalue weighted by Gasteiger charge is -2.17. The van der Waals surface area contributed by atoms with Crippen molar-refractivity contribution in [2.24, 2.45) is 11.7 Å². The lowest BCUT2D eigenvalue weighted by atomic mass is 9.89. The minimum atomic E-state index is -1.05. The molecule has 0 bridgehead atoms. The minimum absolute atomic E-state index is 0.0459. The van der Waals surface area contributed by atoms with Crippen LogP contribution in [-0.2, 0) is 4.79 Å². The van der Waals surface area contributed by atoms with Gasteiger partial charge in [0.05, 0.1) is 5.92 Å². The molecule has 2 atom stereocenters. The Morgan fingerprint density at radius 2 is 1.94 bits per heavy atom. The maximum absolute atomic E-state index is 13.4. The van der Waals surface area contributed by atoms with E-state index in [2.05, 4.69) is 0 Å². The molecule has 17 heavy (non-hydrogen) atoms. The van der Waals surface area contributed by atoms with Crippen molar-refractivity contribution in [3.63, 3.8) is 0 Å². The summed E-state index contributed by atoms with van der Waals surface area (Å²) in [6, 6.07) is 3.60. The Morgan fingerprint density at radius 3 is 2.35 bits per heavy atom. The number of nitrogens with two attached hydrogens (primary N) is 1. The van der Waals surface area contributed by atoms with Crippen LogP contribution in [0.25, 0.3) is 0 Å². The Hall–Kier alpha value is -1.49. The van der Waals surface area contributed by atoms with Gasteiger partial charge in [-0.2, -0.15) is 0 Å². The van der Waals surface area contributed by atoms with Gasteiger partial charge in [0.25, 0.3) is 0 Å². The molecule has 0 amide bonds. The second kappa shape index (κ2) is 5.72. The number of carboxylic acids is 1. The Morgan fingerprint density at radius 1 is 1.41 bits per heavy atom. The normalized spacial score (nSPS) is 14.4. The van der Waals surface area contributed by atoms with Crippen LogP contribution in [0.2, 0.25) is 0 Å². The molecule has 0 fully saturated rings. The Bertz CT molecular complexity index is 389. The van der Waals surface area contributed by atoms with Crippen LogP contribution in [0.5, 0.6) is 0 Å². The number of hydrogen-bond acceptors (Lipinski definition) is 2. The average Bonchev–Trinajstić information content (AvgIpc) is 2.25. The Balaban J connectivity index is 2.89. The van der Waals surface area contributed by atoms with E-state index in [0.29, 0.717) is 0 Å². The Kier molecular flexibility index (Phi) is 4.57. The van der Waals surface area contributed by atoms with Crippen LogP contribution in [0.3, 0.4) is 0 Å². The van der Waals surface area contributed by atoms with Crippen molar-refractivity contribution in [1.29, 1.82) is 0 Å². The third kappa shape index (κ3) is 3.23. The number of carbonyl (C=O) groups is 1. The van der Waals surface area contributed by atoms with Gasteiger partial charge in [-0.25, -0.2) is 8.78 Å². The fourth-order valence-electron chi connectivity index (χ4n) is 1.82. The third-order valence-electron chi connectivity index (χ3n) is 2.76. The molecular formula is C12H15F2NO2. The lowest BCUT2D eigenvalue weighted by Crippen LogP contribution is -2.25. The molecule has 3 nitrogen and oxygen atoms in total. The highest BCUT2D eigenvalue weighted by Gasteiger charge is 2.23. The molecule has 0 aliphatic heterocycles. The monoisotopic (exact) mass is 243 g/mol. The van der Waals surface area contributed by atoms with E-state index in [-0.39, 0.29) is 18.5 Å². The summed E-state index contributed by atoms with van der Waals surface area (Å²) in [4.78, 5) is 10.8. The molecule has 0 aromatic heterocycles. The predicted octanol–water partition coefficient (Wildman–Crippen LogP) is 2.12. The van der Waals surface area contributed by atoms with Crippen molar-refractivity contribution in [2.45, 2.75) is 19.3 Å². The second-order valence-corrected chi connectivity index (χ2v) is 4.04. The SMILES string of the molecule is CC(CC(CN)C(=O)O)c1c(F)cccc1F. The summed E-state index contributed by atoms with van der Waals surface area (Å²) in [5.41, 5.74) is 5.23. The van der Waals surface area contributed by atoms with Gasteiger partial charge in [0.2, 0.25) is 0 Å². The summed E-state index contributed by atoms with van der Waals surface area (Å²) in [6.07, 6.45) is 0.115. The van der Waals surface area contributed by atoms with Crippen LogP contribution in [-0.4, -0.2) is 17.6 Å². The van der Waals surface area contributed by atoms with Crippen LogP contribution < -0.4 is 5.73 Å². The van der Waals surface area contributed by atoms with Crippen LogP contribution in [0, 0.1) is 17.6 Å². The molecule has 0 saturated carbocycles. The van der Waals surface area contributed by atoms with Crippen LogP contribution >= 0.6 is 0 Å². The second-order valence-electron chi connectivity index (χ2n) is 4.04. The standard InChI is InChI=1S/C12H15F2NO2/c1-7(5-8(6-15)12(16)17)11-9(13)3-2-4-10(11)14/h2-4,7-8H,5-6,15H2,1H3,(H,16,17). The van der Waals surface area contributed by atoms with Crippen molar-refractivity contribution >= 4 is 5.97 Å². The van der Waals surface area contributed by atoms with Gasteiger partial charge in [-0.05, 0) is 24.5 Å². The highest BCUT2D eigenvalue weighted by atomic mass is 19.1. The molecular weight excluding hydrogens is 228 g/mol. The number of halogens is 2. The van der Waals surface area contributed by atoms with E-state index in [1.807, 2.05) is 0 Å². The zero-order valence-electron chi connectivity index (χ0n) is 9.49. The van der Waals surface area contributed by atoms with Gasteiger partial charge in [-0.15, -0.1) is 0 Å². The first-order valence-electron chi connectivity index (χ1n) is 5.34. The zero-order valence-corrected chi connectivity index (χ0v) is 9.49. The van der Waals surface area contributed by atoms with E-state index in [0.717, 1.165) is 12.1 Å². The van der Waals surface area contributed by atoms with Gasteiger partial charge in [-0.1, -0.05) is 13.0 Å². The van der Waals surface area contributed by atoms with Crippen molar-refractivity contribution in [2.75, 3.05) is 6.54 Å². The molecule has 0 aliphatic carbocycles. The molecule has 94 valence electrons. The minimum Gasteiger partial charge on any atom is -0.481 e. The summed E-state index contributed by atoms with van der Waals surface area (Å²) in [7, 11) is 0. The summed E-state index contributed by atoms with van der Waals surface area (Å²) >= 11 is 0. The van der Waals surface area contributed by atoms with E-state index in [4.69, 9.17) is 10.8 Å². The van der Waals surface area contributed by atoms with E-state index in [9.17, 15) is 13.6 Å². The van der Waals surface area contributed by atoms with Gasteiger partial charge in [-0.3, -0.25) is 4.79 Å². The molecule has 0 spiro atoms. The maximum atomic E-state index is 13.4. The molecule has 3 N–H and O–H groups in total. The van der Waals surface area contributed by atoms with Crippen LogP contribution in [0.15, 0.2) is 18.2 Å². The number of rotatable bonds is 5.